The molecule has 3 heterocycles. The average molecular weight is 280 g/mol. The molecule has 0 aromatic carbocycles. The molecule has 3 aromatic heterocycles. The maximum Gasteiger partial charge on any atom is 0.248 e. The van der Waals surface area contributed by atoms with Gasteiger partial charge in [-0.25, -0.2) is 4.68 Å². The van der Waals surface area contributed by atoms with Crippen LogP contribution in [-0.4, -0.2) is 25.1 Å². The van der Waals surface area contributed by atoms with Gasteiger partial charge in [-0.2, -0.15) is 4.98 Å². The molecular formula is C11H10ClN5O2. The molecule has 0 spiro atoms. The molecule has 1 atom stereocenters. The van der Waals surface area contributed by atoms with Gasteiger partial charge >= 0.3 is 0 Å². The molecule has 3 rings (SSSR count). The first kappa shape index (κ1) is 11.9. The normalized spacial score (nSPS) is 12.7. The third-order valence-electron chi connectivity index (χ3n) is 2.47. The smallest absolute Gasteiger partial charge is 0.248 e. The molecule has 0 N–H and O–H groups in total. The van der Waals surface area contributed by atoms with Crippen LogP contribution in [0, 0.1) is 0 Å². The topological polar surface area (TPSA) is 82.8 Å². The van der Waals surface area contributed by atoms with Crippen LogP contribution in [-0.2, 0) is 6.54 Å². The fraction of sp³-hybridized carbons (Fsp3) is 0.273. The number of furan rings is 1. The minimum absolute atomic E-state index is 0.185. The summed E-state index contributed by atoms with van der Waals surface area (Å²) in [5.41, 5.74) is 0.701. The minimum Gasteiger partial charge on any atom is -0.461 e. The third kappa shape index (κ3) is 2.50. The van der Waals surface area contributed by atoms with Gasteiger partial charge in [0.1, 0.15) is 12.2 Å². The average Bonchev–Trinajstić information content (AvgIpc) is 3.09. The van der Waals surface area contributed by atoms with Crippen molar-refractivity contribution >= 4 is 11.6 Å². The Kier molecular flexibility index (Phi) is 3.04. The van der Waals surface area contributed by atoms with Crippen LogP contribution in [0.1, 0.15) is 23.9 Å². The highest BCUT2D eigenvalue weighted by Crippen LogP contribution is 2.17. The fourth-order valence-electron chi connectivity index (χ4n) is 1.54. The van der Waals surface area contributed by atoms with Crippen molar-refractivity contribution in [3.05, 3.63) is 36.2 Å². The Hall–Kier alpha value is -2.15. The van der Waals surface area contributed by atoms with Crippen LogP contribution in [0.25, 0.3) is 11.6 Å². The van der Waals surface area contributed by atoms with Gasteiger partial charge in [0.25, 0.3) is 0 Å². The number of aromatic nitrogens is 5. The van der Waals surface area contributed by atoms with Crippen molar-refractivity contribution in [3.8, 4) is 11.6 Å². The molecule has 0 aliphatic carbocycles. The number of hydrogen-bond donors (Lipinski definition) is 0. The molecule has 0 saturated heterocycles. The molecule has 7 nitrogen and oxygen atoms in total. The van der Waals surface area contributed by atoms with E-state index in [4.69, 9.17) is 20.5 Å². The molecule has 19 heavy (non-hydrogen) atoms. The lowest BCUT2D eigenvalue weighted by Crippen LogP contribution is -2.00. The van der Waals surface area contributed by atoms with Gasteiger partial charge in [-0.3, -0.25) is 0 Å². The van der Waals surface area contributed by atoms with Crippen LogP contribution in [0.4, 0.5) is 0 Å². The number of rotatable bonds is 4. The fourth-order valence-corrected chi connectivity index (χ4v) is 1.64. The summed E-state index contributed by atoms with van der Waals surface area (Å²) in [4.78, 5) is 4.21. The molecule has 3 aromatic rings. The zero-order valence-electron chi connectivity index (χ0n) is 10.0. The molecule has 0 amide bonds. The molecule has 0 bridgehead atoms. The Balaban J connectivity index is 1.76. The Labute approximate surface area is 113 Å². The van der Waals surface area contributed by atoms with Gasteiger partial charge in [-0.05, 0) is 19.1 Å². The van der Waals surface area contributed by atoms with E-state index in [1.54, 1.807) is 29.3 Å². The first-order valence-corrected chi connectivity index (χ1v) is 6.06. The summed E-state index contributed by atoms with van der Waals surface area (Å²) in [5.74, 6) is 1.39. The van der Waals surface area contributed by atoms with Gasteiger partial charge in [-0.15, -0.1) is 16.7 Å². The Morgan fingerprint density at radius 1 is 1.47 bits per heavy atom. The lowest BCUT2D eigenvalue weighted by molar-refractivity contribution is 0.363. The van der Waals surface area contributed by atoms with Gasteiger partial charge in [0.15, 0.2) is 5.76 Å². The molecule has 0 aliphatic rings. The van der Waals surface area contributed by atoms with Gasteiger partial charge in [0.05, 0.1) is 17.8 Å². The summed E-state index contributed by atoms with van der Waals surface area (Å²) in [6.45, 7) is 2.17. The maximum atomic E-state index is 5.91. The van der Waals surface area contributed by atoms with Crippen LogP contribution in [0.3, 0.4) is 0 Å². The lowest BCUT2D eigenvalue weighted by Gasteiger charge is -1.93. The largest absolute Gasteiger partial charge is 0.461 e. The van der Waals surface area contributed by atoms with Crippen molar-refractivity contribution in [2.45, 2.75) is 18.8 Å². The van der Waals surface area contributed by atoms with Crippen LogP contribution < -0.4 is 0 Å². The van der Waals surface area contributed by atoms with E-state index in [1.807, 2.05) is 6.92 Å². The van der Waals surface area contributed by atoms with E-state index in [2.05, 4.69) is 20.5 Å². The van der Waals surface area contributed by atoms with E-state index in [9.17, 15) is 0 Å². The molecular weight excluding hydrogens is 270 g/mol. The first-order valence-electron chi connectivity index (χ1n) is 5.63. The molecule has 0 aliphatic heterocycles. The van der Waals surface area contributed by atoms with Crippen molar-refractivity contribution in [3.63, 3.8) is 0 Å². The predicted octanol–water partition coefficient (Wildman–Crippen LogP) is 2.27. The Morgan fingerprint density at radius 3 is 3.05 bits per heavy atom. The highest BCUT2D eigenvalue weighted by molar-refractivity contribution is 6.20. The molecule has 0 radical (unpaired) electrons. The van der Waals surface area contributed by atoms with Gasteiger partial charge < -0.3 is 8.94 Å². The predicted molar refractivity (Wildman–Crippen MR) is 65.4 cm³/mol. The quantitative estimate of drug-likeness (QED) is 0.681. The third-order valence-corrected chi connectivity index (χ3v) is 2.69. The highest BCUT2D eigenvalue weighted by atomic mass is 35.5. The number of alkyl halides is 1. The SMILES string of the molecule is CC(Cl)c1cn(Cc2nc(-c3ccco3)no2)nn1. The Morgan fingerprint density at radius 2 is 2.37 bits per heavy atom. The summed E-state index contributed by atoms with van der Waals surface area (Å²) in [7, 11) is 0. The number of nitrogens with zero attached hydrogens (tertiary/aromatic N) is 5. The second-order valence-electron chi connectivity index (χ2n) is 3.95. The van der Waals surface area contributed by atoms with Crippen LogP contribution >= 0.6 is 11.6 Å². The molecule has 0 saturated carbocycles. The standard InChI is InChI=1S/C11H10ClN5O2/c1-7(12)8-5-17(16-14-8)6-10-13-11(15-19-10)9-3-2-4-18-9/h2-5,7H,6H2,1H3. The van der Waals surface area contributed by atoms with Gasteiger partial charge in [0, 0.05) is 0 Å². The summed E-state index contributed by atoms with van der Waals surface area (Å²) >= 11 is 5.91. The first-order chi connectivity index (χ1) is 9.22. The van der Waals surface area contributed by atoms with E-state index in [-0.39, 0.29) is 5.38 Å². The lowest BCUT2D eigenvalue weighted by atomic mass is 10.4. The monoisotopic (exact) mass is 279 g/mol. The van der Waals surface area contributed by atoms with Gasteiger partial charge in [0.2, 0.25) is 11.7 Å². The molecule has 8 heteroatoms. The summed E-state index contributed by atoms with van der Waals surface area (Å²) in [6.07, 6.45) is 3.30. The molecule has 1 unspecified atom stereocenters. The second-order valence-corrected chi connectivity index (χ2v) is 4.60. The number of halogens is 1. The van der Waals surface area contributed by atoms with Crippen molar-refractivity contribution in [1.29, 1.82) is 0 Å². The van der Waals surface area contributed by atoms with E-state index < -0.39 is 0 Å². The highest BCUT2D eigenvalue weighted by Gasteiger charge is 2.13. The van der Waals surface area contributed by atoms with Crippen molar-refractivity contribution < 1.29 is 8.94 Å². The Bertz CT molecular complexity index is 658. The van der Waals surface area contributed by atoms with Crippen molar-refractivity contribution in [2.24, 2.45) is 0 Å². The van der Waals surface area contributed by atoms with Crippen LogP contribution in [0.15, 0.2) is 33.5 Å². The molecule has 0 fully saturated rings. The van der Waals surface area contributed by atoms with Crippen molar-refractivity contribution in [1.82, 2.24) is 25.1 Å². The maximum absolute atomic E-state index is 5.91. The van der Waals surface area contributed by atoms with Crippen molar-refractivity contribution in [2.75, 3.05) is 0 Å². The summed E-state index contributed by atoms with van der Waals surface area (Å²) in [6, 6.07) is 3.52. The zero-order valence-corrected chi connectivity index (χ0v) is 10.8. The summed E-state index contributed by atoms with van der Waals surface area (Å²) < 4.78 is 11.9. The second kappa shape index (κ2) is 4.85. The van der Waals surface area contributed by atoms with Crippen LogP contribution in [0.2, 0.25) is 0 Å². The van der Waals surface area contributed by atoms with Crippen LogP contribution in [0.5, 0.6) is 0 Å². The van der Waals surface area contributed by atoms with E-state index in [1.165, 1.54) is 0 Å². The van der Waals surface area contributed by atoms with E-state index in [0.29, 0.717) is 29.7 Å². The summed E-state index contributed by atoms with van der Waals surface area (Å²) in [5, 5.41) is 11.5. The number of hydrogen-bond acceptors (Lipinski definition) is 6. The van der Waals surface area contributed by atoms with E-state index in [0.717, 1.165) is 0 Å². The van der Waals surface area contributed by atoms with Gasteiger partial charge in [-0.1, -0.05) is 10.4 Å². The van der Waals surface area contributed by atoms with E-state index >= 15 is 0 Å². The minimum atomic E-state index is -0.185. The zero-order chi connectivity index (χ0) is 13.2. The molecule has 98 valence electrons.